The third-order valence-electron chi connectivity index (χ3n) is 3.56. The number of nitrogens with zero attached hydrogens (tertiary/aromatic N) is 3. The Balaban J connectivity index is 1.66. The molecule has 21 heavy (non-hydrogen) atoms. The molecular formula is C15H13BrN4O. The summed E-state index contributed by atoms with van der Waals surface area (Å²) >= 11 is 3.44. The molecule has 0 bridgehead atoms. The van der Waals surface area contributed by atoms with Gasteiger partial charge in [0.2, 0.25) is 5.95 Å². The number of para-hydroxylation sites is 1. The number of nitrogens with one attached hydrogen (secondary N) is 1. The number of rotatable bonds is 2. The van der Waals surface area contributed by atoms with Crippen LogP contribution in [0.25, 0.3) is 5.65 Å². The van der Waals surface area contributed by atoms with Gasteiger partial charge in [-0.25, -0.2) is 4.52 Å². The number of pyridine rings is 1. The number of anilines is 1. The van der Waals surface area contributed by atoms with Crippen LogP contribution in [0.15, 0.2) is 47.1 Å². The second-order valence-corrected chi connectivity index (χ2v) is 5.87. The monoisotopic (exact) mass is 344 g/mol. The predicted molar refractivity (Wildman–Crippen MR) is 83.6 cm³/mol. The Morgan fingerprint density at radius 3 is 3.10 bits per heavy atom. The normalized spacial score (nSPS) is 17.3. The molecule has 0 amide bonds. The Kier molecular flexibility index (Phi) is 3.03. The van der Waals surface area contributed by atoms with E-state index >= 15 is 0 Å². The summed E-state index contributed by atoms with van der Waals surface area (Å²) in [6.07, 6.45) is 2.79. The maximum atomic E-state index is 5.67. The molecule has 1 atom stereocenters. The smallest absolute Gasteiger partial charge is 0.243 e. The lowest BCUT2D eigenvalue weighted by atomic mass is 10.0. The Morgan fingerprint density at radius 2 is 2.14 bits per heavy atom. The van der Waals surface area contributed by atoms with E-state index in [4.69, 9.17) is 4.74 Å². The molecule has 0 aliphatic carbocycles. The van der Waals surface area contributed by atoms with Crippen molar-refractivity contribution in [3.8, 4) is 5.75 Å². The fraction of sp³-hybridized carbons (Fsp3) is 0.200. The molecule has 5 nitrogen and oxygen atoms in total. The highest BCUT2D eigenvalue weighted by atomic mass is 79.9. The first-order valence-corrected chi connectivity index (χ1v) is 7.59. The van der Waals surface area contributed by atoms with Crippen LogP contribution in [0.3, 0.4) is 0 Å². The van der Waals surface area contributed by atoms with Crippen LogP contribution < -0.4 is 10.1 Å². The van der Waals surface area contributed by atoms with Gasteiger partial charge in [-0.3, -0.25) is 0 Å². The summed E-state index contributed by atoms with van der Waals surface area (Å²) in [6.45, 7) is 0.702. The molecule has 3 aromatic rings. The molecule has 1 N–H and O–H groups in total. The molecule has 0 saturated carbocycles. The van der Waals surface area contributed by atoms with E-state index in [2.05, 4.69) is 37.4 Å². The molecule has 1 aliphatic rings. The van der Waals surface area contributed by atoms with Crippen molar-refractivity contribution < 1.29 is 4.74 Å². The molecule has 106 valence electrons. The first kappa shape index (κ1) is 12.6. The average Bonchev–Trinajstić information content (AvgIpc) is 2.89. The maximum absolute atomic E-state index is 5.67. The number of hydrogen-bond donors (Lipinski definition) is 1. The van der Waals surface area contributed by atoms with Crippen LogP contribution in [-0.2, 0) is 0 Å². The van der Waals surface area contributed by atoms with Crippen molar-refractivity contribution in [2.45, 2.75) is 12.5 Å². The van der Waals surface area contributed by atoms with Crippen molar-refractivity contribution in [3.63, 3.8) is 0 Å². The minimum Gasteiger partial charge on any atom is -0.493 e. The molecule has 6 heteroatoms. The van der Waals surface area contributed by atoms with Crippen molar-refractivity contribution >= 4 is 27.5 Å². The zero-order chi connectivity index (χ0) is 14.2. The van der Waals surface area contributed by atoms with Gasteiger partial charge in [0.25, 0.3) is 0 Å². The van der Waals surface area contributed by atoms with Crippen molar-refractivity contribution in [1.29, 1.82) is 0 Å². The molecule has 0 saturated heterocycles. The third kappa shape index (κ3) is 2.35. The van der Waals surface area contributed by atoms with Crippen molar-refractivity contribution in [2.24, 2.45) is 0 Å². The Morgan fingerprint density at radius 1 is 1.24 bits per heavy atom. The second-order valence-electron chi connectivity index (χ2n) is 4.96. The lowest BCUT2D eigenvalue weighted by molar-refractivity contribution is 0.274. The summed E-state index contributed by atoms with van der Waals surface area (Å²) in [4.78, 5) is 4.50. The molecule has 0 spiro atoms. The van der Waals surface area contributed by atoms with Crippen LogP contribution in [-0.4, -0.2) is 21.2 Å². The molecule has 2 aromatic heterocycles. The SMILES string of the molecule is Brc1ccc2nc(NC3CCOc4ccccc43)nn2c1. The van der Waals surface area contributed by atoms with Gasteiger partial charge in [0.15, 0.2) is 5.65 Å². The molecule has 1 unspecified atom stereocenters. The summed E-state index contributed by atoms with van der Waals surface area (Å²) < 4.78 is 8.41. The molecule has 1 aromatic carbocycles. The van der Waals surface area contributed by atoms with Gasteiger partial charge >= 0.3 is 0 Å². The molecule has 0 radical (unpaired) electrons. The number of fused-ring (bicyclic) bond motifs is 2. The lowest BCUT2D eigenvalue weighted by Crippen LogP contribution is -2.20. The van der Waals surface area contributed by atoms with Gasteiger partial charge in [-0.15, -0.1) is 5.10 Å². The van der Waals surface area contributed by atoms with Crippen molar-refractivity contribution in [3.05, 3.63) is 52.6 Å². The molecule has 3 heterocycles. The van der Waals surface area contributed by atoms with E-state index in [-0.39, 0.29) is 6.04 Å². The van der Waals surface area contributed by atoms with Crippen LogP contribution in [0.4, 0.5) is 5.95 Å². The topological polar surface area (TPSA) is 51.5 Å². The zero-order valence-corrected chi connectivity index (χ0v) is 12.7. The standard InChI is InChI=1S/C15H13BrN4O/c16-10-5-6-14-18-15(19-20(14)9-10)17-12-7-8-21-13-4-2-1-3-11(12)13/h1-6,9,12H,7-8H2,(H,17,19). The lowest BCUT2D eigenvalue weighted by Gasteiger charge is -2.26. The summed E-state index contributed by atoms with van der Waals surface area (Å²) in [5.74, 6) is 1.57. The largest absolute Gasteiger partial charge is 0.493 e. The number of benzene rings is 1. The fourth-order valence-corrected chi connectivity index (χ4v) is 2.89. The van der Waals surface area contributed by atoms with E-state index in [9.17, 15) is 0 Å². The Bertz CT molecular complexity index is 801. The molecular weight excluding hydrogens is 332 g/mol. The Hall–Kier alpha value is -2.08. The number of halogens is 1. The number of hydrogen-bond acceptors (Lipinski definition) is 4. The summed E-state index contributed by atoms with van der Waals surface area (Å²) in [5, 5.41) is 7.87. The maximum Gasteiger partial charge on any atom is 0.243 e. The van der Waals surface area contributed by atoms with E-state index in [1.807, 2.05) is 36.5 Å². The van der Waals surface area contributed by atoms with E-state index in [0.717, 1.165) is 27.9 Å². The van der Waals surface area contributed by atoms with E-state index in [1.54, 1.807) is 4.52 Å². The highest BCUT2D eigenvalue weighted by Crippen LogP contribution is 2.33. The van der Waals surface area contributed by atoms with Gasteiger partial charge < -0.3 is 10.1 Å². The van der Waals surface area contributed by atoms with Crippen LogP contribution in [0.2, 0.25) is 0 Å². The second kappa shape index (κ2) is 5.04. The fourth-order valence-electron chi connectivity index (χ4n) is 2.57. The Labute approximate surface area is 130 Å². The molecule has 0 fully saturated rings. The van der Waals surface area contributed by atoms with Crippen LogP contribution in [0, 0.1) is 0 Å². The average molecular weight is 345 g/mol. The zero-order valence-electron chi connectivity index (χ0n) is 11.2. The van der Waals surface area contributed by atoms with Crippen LogP contribution in [0.5, 0.6) is 5.75 Å². The molecule has 4 rings (SSSR count). The van der Waals surface area contributed by atoms with E-state index < -0.39 is 0 Å². The summed E-state index contributed by atoms with van der Waals surface area (Å²) in [5.41, 5.74) is 1.98. The predicted octanol–water partition coefficient (Wildman–Crippen LogP) is 3.43. The molecule has 1 aliphatic heterocycles. The quantitative estimate of drug-likeness (QED) is 0.773. The minimum atomic E-state index is 0.177. The van der Waals surface area contributed by atoms with Crippen molar-refractivity contribution in [1.82, 2.24) is 14.6 Å². The minimum absolute atomic E-state index is 0.177. The van der Waals surface area contributed by atoms with Crippen LogP contribution in [0.1, 0.15) is 18.0 Å². The third-order valence-corrected chi connectivity index (χ3v) is 4.03. The summed E-state index contributed by atoms with van der Waals surface area (Å²) in [7, 11) is 0. The van der Waals surface area contributed by atoms with E-state index in [0.29, 0.717) is 12.6 Å². The highest BCUT2D eigenvalue weighted by molar-refractivity contribution is 9.10. The number of ether oxygens (including phenoxy) is 1. The number of aromatic nitrogens is 3. The van der Waals surface area contributed by atoms with Gasteiger partial charge in [-0.05, 0) is 34.1 Å². The van der Waals surface area contributed by atoms with Gasteiger partial charge in [0.1, 0.15) is 5.75 Å². The summed E-state index contributed by atoms with van der Waals surface area (Å²) in [6, 6.07) is 12.2. The van der Waals surface area contributed by atoms with Gasteiger partial charge in [-0.1, -0.05) is 18.2 Å². The van der Waals surface area contributed by atoms with E-state index in [1.165, 1.54) is 0 Å². The van der Waals surface area contributed by atoms with Gasteiger partial charge in [0.05, 0.1) is 12.6 Å². The highest BCUT2D eigenvalue weighted by Gasteiger charge is 2.22. The van der Waals surface area contributed by atoms with Gasteiger partial charge in [-0.2, -0.15) is 4.98 Å². The van der Waals surface area contributed by atoms with Crippen LogP contribution >= 0.6 is 15.9 Å². The van der Waals surface area contributed by atoms with Crippen molar-refractivity contribution in [2.75, 3.05) is 11.9 Å². The first-order valence-electron chi connectivity index (χ1n) is 6.80. The first-order chi connectivity index (χ1) is 10.3. The van der Waals surface area contributed by atoms with Gasteiger partial charge in [0, 0.05) is 22.7 Å².